The van der Waals surface area contributed by atoms with Crippen LogP contribution in [0.5, 0.6) is 11.5 Å². The van der Waals surface area contributed by atoms with Gasteiger partial charge in [-0.25, -0.2) is 9.37 Å². The summed E-state index contributed by atoms with van der Waals surface area (Å²) in [6.07, 6.45) is 0. The van der Waals surface area contributed by atoms with Gasteiger partial charge in [0.2, 0.25) is 5.95 Å². The zero-order chi connectivity index (χ0) is 15.0. The van der Waals surface area contributed by atoms with E-state index in [1.807, 2.05) is 12.1 Å². The minimum atomic E-state index is -0.352. The second-order valence-electron chi connectivity index (χ2n) is 4.51. The van der Waals surface area contributed by atoms with E-state index in [-0.39, 0.29) is 11.8 Å². The first-order chi connectivity index (χ1) is 10.1. The average Bonchev–Trinajstić information content (AvgIpc) is 2.81. The van der Waals surface area contributed by atoms with Crippen LogP contribution in [-0.4, -0.2) is 23.8 Å². The van der Waals surface area contributed by atoms with Crippen molar-refractivity contribution < 1.29 is 13.9 Å². The fourth-order valence-corrected chi connectivity index (χ4v) is 2.26. The van der Waals surface area contributed by atoms with Gasteiger partial charge in [-0.05, 0) is 12.1 Å². The van der Waals surface area contributed by atoms with Crippen LogP contribution < -0.4 is 15.2 Å². The monoisotopic (exact) mass is 287 g/mol. The van der Waals surface area contributed by atoms with E-state index in [2.05, 4.69) is 4.98 Å². The van der Waals surface area contributed by atoms with Crippen LogP contribution in [0.2, 0.25) is 0 Å². The predicted molar refractivity (Wildman–Crippen MR) is 78.5 cm³/mol. The number of nitrogens with two attached hydrogens (primary N) is 1. The molecule has 3 aromatic rings. The first kappa shape index (κ1) is 13.2. The Bertz CT molecular complexity index is 792. The Hall–Kier alpha value is -2.76. The lowest BCUT2D eigenvalue weighted by Gasteiger charge is -2.11. The molecular formula is C15H14FN3O2. The van der Waals surface area contributed by atoms with Gasteiger partial charge >= 0.3 is 0 Å². The lowest BCUT2D eigenvalue weighted by atomic mass is 10.2. The maximum Gasteiger partial charge on any atom is 0.205 e. The van der Waals surface area contributed by atoms with E-state index in [0.29, 0.717) is 22.5 Å². The van der Waals surface area contributed by atoms with E-state index < -0.39 is 0 Å². The molecule has 0 saturated carbocycles. The van der Waals surface area contributed by atoms with Crippen molar-refractivity contribution in [3.63, 3.8) is 0 Å². The van der Waals surface area contributed by atoms with Crippen molar-refractivity contribution in [1.82, 2.24) is 9.55 Å². The van der Waals surface area contributed by atoms with Gasteiger partial charge in [0, 0.05) is 24.3 Å². The number of rotatable bonds is 3. The normalized spacial score (nSPS) is 10.8. The predicted octanol–water partition coefficient (Wildman–Crippen LogP) is 2.76. The first-order valence-electron chi connectivity index (χ1n) is 6.29. The average molecular weight is 287 g/mol. The summed E-state index contributed by atoms with van der Waals surface area (Å²) in [7, 11) is 3.15. The largest absolute Gasteiger partial charge is 0.497 e. The van der Waals surface area contributed by atoms with Crippen molar-refractivity contribution in [2.45, 2.75) is 0 Å². The summed E-state index contributed by atoms with van der Waals surface area (Å²) in [5.41, 5.74) is 7.91. The molecule has 1 heterocycles. The number of benzene rings is 2. The quantitative estimate of drug-likeness (QED) is 0.804. The van der Waals surface area contributed by atoms with Crippen molar-refractivity contribution >= 4 is 17.0 Å². The van der Waals surface area contributed by atoms with Crippen LogP contribution in [0.15, 0.2) is 36.4 Å². The molecule has 0 bridgehead atoms. The Kier molecular flexibility index (Phi) is 3.13. The molecule has 2 N–H and O–H groups in total. The molecule has 21 heavy (non-hydrogen) atoms. The van der Waals surface area contributed by atoms with Crippen LogP contribution in [0.1, 0.15) is 0 Å². The van der Waals surface area contributed by atoms with E-state index in [9.17, 15) is 4.39 Å². The Balaban J connectivity index is 2.27. The summed E-state index contributed by atoms with van der Waals surface area (Å²) in [5, 5.41) is 0. The van der Waals surface area contributed by atoms with E-state index in [1.54, 1.807) is 30.9 Å². The molecule has 0 fully saturated rings. The molecule has 0 unspecified atom stereocenters. The Morgan fingerprint density at radius 1 is 1.05 bits per heavy atom. The van der Waals surface area contributed by atoms with Crippen molar-refractivity contribution in [3.8, 4) is 17.2 Å². The molecule has 1 aromatic heterocycles. The minimum Gasteiger partial charge on any atom is -0.497 e. The summed E-state index contributed by atoms with van der Waals surface area (Å²) in [6, 6.07) is 9.74. The lowest BCUT2D eigenvalue weighted by molar-refractivity contribution is 0.394. The molecule has 0 aliphatic heterocycles. The van der Waals surface area contributed by atoms with Crippen molar-refractivity contribution in [1.29, 1.82) is 0 Å². The summed E-state index contributed by atoms with van der Waals surface area (Å²) >= 11 is 0. The van der Waals surface area contributed by atoms with Crippen LogP contribution in [0.3, 0.4) is 0 Å². The molecule has 108 valence electrons. The Morgan fingerprint density at radius 2 is 1.71 bits per heavy atom. The van der Waals surface area contributed by atoms with Crippen LogP contribution >= 0.6 is 0 Å². The Morgan fingerprint density at radius 3 is 2.33 bits per heavy atom. The Labute approximate surface area is 120 Å². The SMILES string of the molecule is COc1cc(OC)cc(-n2c(N)nc3cc(F)ccc32)c1. The number of nitrogens with zero attached hydrogens (tertiary/aromatic N) is 2. The number of imidazole rings is 1. The summed E-state index contributed by atoms with van der Waals surface area (Å²) in [5.74, 6) is 1.18. The van der Waals surface area contributed by atoms with Crippen LogP contribution in [0, 0.1) is 5.82 Å². The van der Waals surface area contributed by atoms with Gasteiger partial charge in [-0.15, -0.1) is 0 Å². The molecule has 0 saturated heterocycles. The highest BCUT2D eigenvalue weighted by Gasteiger charge is 2.12. The second kappa shape index (κ2) is 4.97. The minimum absolute atomic E-state index is 0.269. The molecule has 0 atom stereocenters. The third kappa shape index (κ3) is 2.24. The maximum absolute atomic E-state index is 13.3. The maximum atomic E-state index is 13.3. The lowest BCUT2D eigenvalue weighted by Crippen LogP contribution is -2.01. The second-order valence-corrected chi connectivity index (χ2v) is 4.51. The van der Waals surface area contributed by atoms with E-state index in [1.165, 1.54) is 12.1 Å². The van der Waals surface area contributed by atoms with Gasteiger partial charge in [0.25, 0.3) is 0 Å². The number of nitrogen functional groups attached to an aromatic ring is 1. The van der Waals surface area contributed by atoms with Crippen molar-refractivity contribution in [2.75, 3.05) is 20.0 Å². The molecule has 5 nitrogen and oxygen atoms in total. The number of halogens is 1. The number of ether oxygens (including phenoxy) is 2. The van der Waals surface area contributed by atoms with Gasteiger partial charge in [-0.2, -0.15) is 0 Å². The van der Waals surface area contributed by atoms with Gasteiger partial charge in [0.1, 0.15) is 17.3 Å². The van der Waals surface area contributed by atoms with Gasteiger partial charge in [0.05, 0.1) is 30.9 Å². The highest BCUT2D eigenvalue weighted by atomic mass is 19.1. The van der Waals surface area contributed by atoms with Crippen molar-refractivity contribution in [3.05, 3.63) is 42.2 Å². The molecule has 2 aromatic carbocycles. The summed E-state index contributed by atoms with van der Waals surface area (Å²) < 4.78 is 25.5. The van der Waals surface area contributed by atoms with E-state index in [0.717, 1.165) is 5.69 Å². The number of fused-ring (bicyclic) bond motifs is 1. The number of hydrogen-bond acceptors (Lipinski definition) is 4. The molecule has 3 rings (SSSR count). The molecular weight excluding hydrogens is 273 g/mol. The number of anilines is 1. The molecule has 6 heteroatoms. The number of methoxy groups -OCH3 is 2. The third-order valence-electron chi connectivity index (χ3n) is 3.24. The van der Waals surface area contributed by atoms with Crippen molar-refractivity contribution in [2.24, 2.45) is 0 Å². The molecule has 0 radical (unpaired) electrons. The third-order valence-corrected chi connectivity index (χ3v) is 3.24. The van der Waals surface area contributed by atoms with Gasteiger partial charge < -0.3 is 15.2 Å². The zero-order valence-electron chi connectivity index (χ0n) is 11.6. The number of hydrogen-bond donors (Lipinski definition) is 1. The highest BCUT2D eigenvalue weighted by molar-refractivity contribution is 5.81. The van der Waals surface area contributed by atoms with Crippen LogP contribution in [0.4, 0.5) is 10.3 Å². The van der Waals surface area contributed by atoms with E-state index >= 15 is 0 Å². The number of aromatic nitrogens is 2. The molecule has 0 amide bonds. The zero-order valence-corrected chi connectivity index (χ0v) is 11.6. The standard InChI is InChI=1S/C15H14FN3O2/c1-20-11-6-10(7-12(8-11)21-2)19-14-4-3-9(16)5-13(14)18-15(19)17/h3-8H,1-2H3,(H2,17,18). The smallest absolute Gasteiger partial charge is 0.205 e. The topological polar surface area (TPSA) is 62.3 Å². The summed E-state index contributed by atoms with van der Waals surface area (Å²) in [4.78, 5) is 4.18. The fourth-order valence-electron chi connectivity index (χ4n) is 2.26. The van der Waals surface area contributed by atoms with Crippen LogP contribution in [-0.2, 0) is 0 Å². The highest BCUT2D eigenvalue weighted by Crippen LogP contribution is 2.29. The first-order valence-corrected chi connectivity index (χ1v) is 6.29. The summed E-state index contributed by atoms with van der Waals surface area (Å²) in [6.45, 7) is 0. The van der Waals surface area contributed by atoms with Gasteiger partial charge in [-0.1, -0.05) is 0 Å². The van der Waals surface area contributed by atoms with E-state index in [4.69, 9.17) is 15.2 Å². The molecule has 0 spiro atoms. The molecule has 0 aliphatic rings. The molecule has 0 aliphatic carbocycles. The van der Waals surface area contributed by atoms with Crippen LogP contribution in [0.25, 0.3) is 16.7 Å². The van der Waals surface area contributed by atoms with Gasteiger partial charge in [-0.3, -0.25) is 4.57 Å². The fraction of sp³-hybridized carbons (Fsp3) is 0.133. The van der Waals surface area contributed by atoms with Gasteiger partial charge in [0.15, 0.2) is 0 Å².